The summed E-state index contributed by atoms with van der Waals surface area (Å²) in [5.74, 6) is -0.853. The second-order valence-electron chi connectivity index (χ2n) is 5.18. The van der Waals surface area contributed by atoms with E-state index in [9.17, 15) is 14.7 Å². The zero-order valence-corrected chi connectivity index (χ0v) is 12.7. The van der Waals surface area contributed by atoms with Crippen LogP contribution in [0.1, 0.15) is 26.7 Å². The van der Waals surface area contributed by atoms with Crippen LogP contribution in [0.4, 0.5) is 4.79 Å². The van der Waals surface area contributed by atoms with Crippen LogP contribution >= 0.6 is 0 Å². The maximum absolute atomic E-state index is 11.9. The molecule has 0 bridgehead atoms. The zero-order chi connectivity index (χ0) is 15.1. The largest absolute Gasteiger partial charge is 0.481 e. The van der Waals surface area contributed by atoms with Crippen LogP contribution in [0.3, 0.4) is 0 Å². The van der Waals surface area contributed by atoms with Gasteiger partial charge in [0.25, 0.3) is 0 Å². The average Bonchev–Trinajstić information content (AvgIpc) is 2.36. The molecule has 2 N–H and O–H groups in total. The Labute approximate surface area is 115 Å². The summed E-state index contributed by atoms with van der Waals surface area (Å²) in [6.07, 6.45) is 1.00. The Bertz CT molecular complexity index is 302. The first kappa shape index (κ1) is 17.7. The normalized spacial score (nSPS) is 11.5. The molecule has 0 atom stereocenters. The summed E-state index contributed by atoms with van der Waals surface area (Å²) in [5, 5.41) is 12.0. The van der Waals surface area contributed by atoms with Crippen LogP contribution in [-0.2, 0) is 4.79 Å². The first-order valence-electron chi connectivity index (χ1n) is 6.66. The van der Waals surface area contributed by atoms with E-state index in [0.717, 1.165) is 6.54 Å². The molecule has 19 heavy (non-hydrogen) atoms. The molecular formula is C13H27N3O3. The van der Waals surface area contributed by atoms with Crippen molar-refractivity contribution in [3.05, 3.63) is 0 Å². The average molecular weight is 273 g/mol. The number of nitrogens with zero attached hydrogens (tertiary/aromatic N) is 2. The number of carbonyl (C=O) groups is 2. The number of hydrogen-bond acceptors (Lipinski definition) is 3. The summed E-state index contributed by atoms with van der Waals surface area (Å²) in [5.41, 5.74) is -0.863. The van der Waals surface area contributed by atoms with Crippen molar-refractivity contribution >= 4 is 12.0 Å². The van der Waals surface area contributed by atoms with Crippen molar-refractivity contribution in [3.8, 4) is 0 Å². The molecule has 0 aliphatic heterocycles. The van der Waals surface area contributed by atoms with E-state index in [4.69, 9.17) is 0 Å². The first-order valence-corrected chi connectivity index (χ1v) is 6.66. The van der Waals surface area contributed by atoms with Gasteiger partial charge in [0.2, 0.25) is 0 Å². The highest BCUT2D eigenvalue weighted by Crippen LogP contribution is 2.25. The second kappa shape index (κ2) is 7.99. The van der Waals surface area contributed by atoms with Crippen molar-refractivity contribution in [2.75, 3.05) is 40.8 Å². The molecule has 6 heteroatoms. The minimum atomic E-state index is -0.863. The fraction of sp³-hybridized carbons (Fsp3) is 0.846. The number of amides is 2. The number of carbonyl (C=O) groups excluding carboxylic acids is 1. The van der Waals surface area contributed by atoms with Gasteiger partial charge in [-0.2, -0.15) is 0 Å². The van der Waals surface area contributed by atoms with Crippen molar-refractivity contribution in [2.24, 2.45) is 5.41 Å². The molecule has 0 aliphatic carbocycles. The molecule has 0 aliphatic rings. The van der Waals surface area contributed by atoms with Gasteiger partial charge in [-0.25, -0.2) is 4.79 Å². The summed E-state index contributed by atoms with van der Waals surface area (Å²) in [6, 6.07) is -0.227. The molecular weight excluding hydrogens is 246 g/mol. The van der Waals surface area contributed by atoms with Crippen LogP contribution in [0.15, 0.2) is 0 Å². The first-order chi connectivity index (χ1) is 8.79. The van der Waals surface area contributed by atoms with E-state index in [2.05, 4.69) is 5.32 Å². The van der Waals surface area contributed by atoms with Gasteiger partial charge in [-0.15, -0.1) is 0 Å². The predicted octanol–water partition coefficient (Wildman–Crippen LogP) is 1.08. The van der Waals surface area contributed by atoms with Gasteiger partial charge >= 0.3 is 12.0 Å². The van der Waals surface area contributed by atoms with Crippen molar-refractivity contribution in [1.82, 2.24) is 15.1 Å². The second-order valence-corrected chi connectivity index (χ2v) is 5.18. The van der Waals surface area contributed by atoms with E-state index in [0.29, 0.717) is 19.4 Å². The summed E-state index contributed by atoms with van der Waals surface area (Å²) < 4.78 is 0. The lowest BCUT2D eigenvalue weighted by atomic mass is 9.82. The highest BCUT2D eigenvalue weighted by Gasteiger charge is 2.35. The zero-order valence-electron chi connectivity index (χ0n) is 12.7. The molecule has 2 amide bonds. The number of hydrogen-bond donors (Lipinski definition) is 2. The smallest absolute Gasteiger partial charge is 0.317 e. The third kappa shape index (κ3) is 5.46. The third-order valence-corrected chi connectivity index (χ3v) is 3.61. The molecule has 0 aromatic heterocycles. The fourth-order valence-corrected chi connectivity index (χ4v) is 1.71. The lowest BCUT2D eigenvalue weighted by Gasteiger charge is -2.28. The summed E-state index contributed by atoms with van der Waals surface area (Å²) in [6.45, 7) is 5.21. The Balaban J connectivity index is 4.37. The Kier molecular flexibility index (Phi) is 7.44. The van der Waals surface area contributed by atoms with Gasteiger partial charge in [0.15, 0.2) is 0 Å². The number of carboxylic acid groups (broad SMARTS) is 1. The van der Waals surface area contributed by atoms with Gasteiger partial charge in [-0.1, -0.05) is 13.8 Å². The quantitative estimate of drug-likeness (QED) is 0.694. The Hall–Kier alpha value is -1.30. The predicted molar refractivity (Wildman–Crippen MR) is 75.2 cm³/mol. The highest BCUT2D eigenvalue weighted by molar-refractivity contribution is 5.78. The summed E-state index contributed by atoms with van der Waals surface area (Å²) >= 11 is 0. The Morgan fingerprint density at radius 3 is 2.00 bits per heavy atom. The van der Waals surface area contributed by atoms with Gasteiger partial charge in [0.1, 0.15) is 0 Å². The molecule has 0 saturated heterocycles. The maximum atomic E-state index is 11.9. The molecule has 0 rings (SSSR count). The van der Waals surface area contributed by atoms with Crippen LogP contribution in [-0.4, -0.2) is 67.7 Å². The number of aliphatic carboxylic acids is 1. The number of carboxylic acids is 1. The van der Waals surface area contributed by atoms with Crippen molar-refractivity contribution < 1.29 is 14.7 Å². The number of nitrogens with one attached hydrogen (secondary N) is 1. The van der Waals surface area contributed by atoms with Crippen LogP contribution in [0.25, 0.3) is 0 Å². The number of urea groups is 1. The van der Waals surface area contributed by atoms with Crippen molar-refractivity contribution in [2.45, 2.75) is 26.7 Å². The van der Waals surface area contributed by atoms with E-state index in [1.165, 1.54) is 0 Å². The molecule has 112 valence electrons. The molecule has 0 aromatic rings. The van der Waals surface area contributed by atoms with Crippen LogP contribution in [0.2, 0.25) is 0 Å². The topological polar surface area (TPSA) is 72.9 Å². The minimum Gasteiger partial charge on any atom is -0.481 e. The van der Waals surface area contributed by atoms with Gasteiger partial charge in [-0.05, 0) is 26.9 Å². The molecule has 0 aromatic carbocycles. The van der Waals surface area contributed by atoms with Gasteiger partial charge in [-0.3, -0.25) is 4.79 Å². The van der Waals surface area contributed by atoms with E-state index >= 15 is 0 Å². The van der Waals surface area contributed by atoms with Crippen LogP contribution in [0.5, 0.6) is 0 Å². The molecule has 0 saturated carbocycles. The lowest BCUT2D eigenvalue weighted by molar-refractivity contribution is -0.149. The molecule has 0 unspecified atom stereocenters. The number of likely N-dealkylation sites (N-methyl/N-ethyl adjacent to an activating group) is 2. The molecule has 0 fully saturated rings. The minimum absolute atomic E-state index is 0.167. The van der Waals surface area contributed by atoms with E-state index in [1.807, 2.05) is 32.8 Å². The van der Waals surface area contributed by atoms with E-state index in [1.54, 1.807) is 11.9 Å². The monoisotopic (exact) mass is 273 g/mol. The molecule has 6 nitrogen and oxygen atoms in total. The van der Waals surface area contributed by atoms with Gasteiger partial charge < -0.3 is 20.2 Å². The molecule has 0 radical (unpaired) electrons. The summed E-state index contributed by atoms with van der Waals surface area (Å²) in [4.78, 5) is 26.7. The Morgan fingerprint density at radius 2 is 1.63 bits per heavy atom. The summed E-state index contributed by atoms with van der Waals surface area (Å²) in [7, 11) is 5.59. The van der Waals surface area contributed by atoms with E-state index in [-0.39, 0.29) is 12.6 Å². The van der Waals surface area contributed by atoms with E-state index < -0.39 is 11.4 Å². The van der Waals surface area contributed by atoms with Gasteiger partial charge in [0, 0.05) is 26.7 Å². The maximum Gasteiger partial charge on any atom is 0.317 e. The Morgan fingerprint density at radius 1 is 1.11 bits per heavy atom. The highest BCUT2D eigenvalue weighted by atomic mass is 16.4. The fourth-order valence-electron chi connectivity index (χ4n) is 1.71. The molecule has 0 spiro atoms. The van der Waals surface area contributed by atoms with Crippen LogP contribution < -0.4 is 5.32 Å². The van der Waals surface area contributed by atoms with Crippen LogP contribution in [0, 0.1) is 5.41 Å². The SMILES string of the molecule is CCC(CC)(CNC(=O)N(C)CCN(C)C)C(=O)O. The van der Waals surface area contributed by atoms with Crippen molar-refractivity contribution in [1.29, 1.82) is 0 Å². The molecule has 0 heterocycles. The van der Waals surface area contributed by atoms with Crippen molar-refractivity contribution in [3.63, 3.8) is 0 Å². The third-order valence-electron chi connectivity index (χ3n) is 3.61. The standard InChI is InChI=1S/C13H27N3O3/c1-6-13(7-2,11(17)18)10-14-12(19)16(5)9-8-15(3)4/h6-10H2,1-5H3,(H,14,19)(H,17,18). The van der Waals surface area contributed by atoms with Gasteiger partial charge in [0.05, 0.1) is 5.41 Å². The lowest BCUT2D eigenvalue weighted by Crippen LogP contribution is -2.47. The number of rotatable bonds is 8.